The van der Waals surface area contributed by atoms with Crippen LogP contribution in [0.4, 0.5) is 35.2 Å². The van der Waals surface area contributed by atoms with E-state index in [0.717, 1.165) is 22.8 Å². The molecule has 12 heteroatoms. The van der Waals surface area contributed by atoms with Crippen molar-refractivity contribution in [2.24, 2.45) is 0 Å². The van der Waals surface area contributed by atoms with Crippen molar-refractivity contribution in [3.8, 4) is 11.1 Å². The van der Waals surface area contributed by atoms with Crippen LogP contribution in [0, 0.1) is 6.92 Å². The molecule has 47 heavy (non-hydrogen) atoms. The second-order valence-electron chi connectivity index (χ2n) is 12.4. The largest absolute Gasteiger partial charge is 0.444 e. The number of amides is 2. The average Bonchev–Trinajstić information content (AvgIpc) is 3.02. The number of hydrogen-bond donors (Lipinski definition) is 2. The van der Waals surface area contributed by atoms with Crippen LogP contribution >= 0.6 is 0 Å². The minimum atomic E-state index is -4.66. The summed E-state index contributed by atoms with van der Waals surface area (Å²) in [5.74, 6) is -0.0888. The lowest BCUT2D eigenvalue weighted by Gasteiger charge is -2.36. The Labute approximate surface area is 271 Å². The van der Waals surface area contributed by atoms with E-state index < -0.39 is 29.3 Å². The fourth-order valence-corrected chi connectivity index (χ4v) is 5.16. The van der Waals surface area contributed by atoms with E-state index in [4.69, 9.17) is 4.74 Å². The van der Waals surface area contributed by atoms with Gasteiger partial charge in [0.05, 0.1) is 5.56 Å². The number of anilines is 3. The number of pyridine rings is 2. The maximum Gasteiger partial charge on any atom is 0.416 e. The van der Waals surface area contributed by atoms with E-state index in [0.29, 0.717) is 43.4 Å². The molecule has 1 aliphatic rings. The van der Waals surface area contributed by atoms with E-state index >= 15 is 0 Å². The Balaban J connectivity index is 1.26. The number of nitrogens with zero attached hydrogens (tertiary/aromatic N) is 4. The number of aromatic nitrogens is 2. The van der Waals surface area contributed by atoms with Crippen molar-refractivity contribution in [3.05, 3.63) is 102 Å². The van der Waals surface area contributed by atoms with Crippen LogP contribution in [0.5, 0.6) is 0 Å². The Kier molecular flexibility index (Phi) is 9.80. The van der Waals surface area contributed by atoms with Gasteiger partial charge in [-0.25, -0.2) is 9.78 Å². The predicted molar refractivity (Wildman–Crippen MR) is 174 cm³/mol. The lowest BCUT2D eigenvalue weighted by atomic mass is 10.0. The monoisotopic (exact) mass is 646 g/mol. The lowest BCUT2D eigenvalue weighted by Crippen LogP contribution is -2.49. The summed E-state index contributed by atoms with van der Waals surface area (Å²) < 4.78 is 48.0. The smallest absolute Gasteiger partial charge is 0.416 e. The molecule has 5 rings (SSSR count). The summed E-state index contributed by atoms with van der Waals surface area (Å²) in [5.41, 5.74) is 2.26. The third-order valence-corrected chi connectivity index (χ3v) is 7.61. The van der Waals surface area contributed by atoms with Crippen molar-refractivity contribution in [2.45, 2.75) is 46.0 Å². The second-order valence-corrected chi connectivity index (χ2v) is 12.4. The van der Waals surface area contributed by atoms with Gasteiger partial charge in [0.1, 0.15) is 11.4 Å². The number of ether oxygens (including phenoxy) is 1. The molecule has 0 aliphatic carbocycles. The van der Waals surface area contributed by atoms with Gasteiger partial charge in [-0.1, -0.05) is 18.2 Å². The lowest BCUT2D eigenvalue weighted by molar-refractivity contribution is -0.138. The summed E-state index contributed by atoms with van der Waals surface area (Å²) in [7, 11) is 0. The number of halogens is 3. The Hall–Kier alpha value is -4.97. The summed E-state index contributed by atoms with van der Waals surface area (Å²) in [5, 5.41) is 5.99. The third kappa shape index (κ3) is 8.85. The van der Waals surface area contributed by atoms with Crippen molar-refractivity contribution in [2.75, 3.05) is 36.8 Å². The van der Waals surface area contributed by atoms with Gasteiger partial charge in [-0.3, -0.25) is 14.7 Å². The Morgan fingerprint density at radius 1 is 0.915 bits per heavy atom. The normalized spacial score (nSPS) is 14.1. The first-order valence-electron chi connectivity index (χ1n) is 15.2. The molecule has 2 N–H and O–H groups in total. The molecule has 3 heterocycles. The SMILES string of the molecule is Cc1ccc(NC(=O)c2ccc(CN3CCN(C(=O)OC(C)(C)C)CC3)c(C(F)(F)F)c2)cc1Nc1cc(-c2cccnc2)ccn1. The Morgan fingerprint density at radius 3 is 2.36 bits per heavy atom. The van der Waals surface area contributed by atoms with Crippen LogP contribution in [-0.4, -0.2) is 63.5 Å². The van der Waals surface area contributed by atoms with Gasteiger partial charge in [0.2, 0.25) is 0 Å². The standard InChI is InChI=1S/C35H37F3N6O3/c1-23-7-10-28(20-30(23)42-31-19-24(11-13-40-31)26-6-5-12-39-21-26)41-32(45)25-8-9-27(29(18-25)35(36,37)38)22-43-14-16-44(17-15-43)33(46)47-34(2,3)4/h5-13,18-21H,14-17,22H2,1-4H3,(H,40,42)(H,41,45). The maximum atomic E-state index is 14.2. The molecule has 0 unspecified atom stereocenters. The van der Waals surface area contributed by atoms with Crippen molar-refractivity contribution in [3.63, 3.8) is 0 Å². The van der Waals surface area contributed by atoms with Crippen LogP contribution in [-0.2, 0) is 17.5 Å². The summed E-state index contributed by atoms with van der Waals surface area (Å²) in [6, 6.07) is 16.4. The topological polar surface area (TPSA) is 99.7 Å². The van der Waals surface area contributed by atoms with Crippen LogP contribution in [0.25, 0.3) is 11.1 Å². The first kappa shape index (κ1) is 33.4. The minimum absolute atomic E-state index is 0.0297. The molecule has 0 atom stereocenters. The summed E-state index contributed by atoms with van der Waals surface area (Å²) in [4.78, 5) is 37.5. The molecule has 0 radical (unpaired) electrons. The number of benzene rings is 2. The second kappa shape index (κ2) is 13.8. The third-order valence-electron chi connectivity index (χ3n) is 7.61. The first-order valence-corrected chi connectivity index (χ1v) is 15.2. The van der Waals surface area contributed by atoms with Crippen molar-refractivity contribution in [1.29, 1.82) is 0 Å². The fourth-order valence-electron chi connectivity index (χ4n) is 5.16. The van der Waals surface area contributed by atoms with E-state index in [9.17, 15) is 22.8 Å². The van der Waals surface area contributed by atoms with Crippen molar-refractivity contribution in [1.82, 2.24) is 19.8 Å². The molecule has 0 saturated carbocycles. The number of aryl methyl sites for hydroxylation is 1. The number of rotatable bonds is 7. The highest BCUT2D eigenvalue weighted by Crippen LogP contribution is 2.34. The van der Waals surface area contributed by atoms with E-state index in [2.05, 4.69) is 20.6 Å². The molecule has 1 aliphatic heterocycles. The van der Waals surface area contributed by atoms with Crippen LogP contribution < -0.4 is 10.6 Å². The van der Waals surface area contributed by atoms with Crippen LogP contribution in [0.1, 0.15) is 47.8 Å². The van der Waals surface area contributed by atoms with Gasteiger partial charge in [-0.15, -0.1) is 0 Å². The fraction of sp³-hybridized carbons (Fsp3) is 0.314. The van der Waals surface area contributed by atoms with E-state index in [1.165, 1.54) is 12.1 Å². The highest BCUT2D eigenvalue weighted by Gasteiger charge is 2.35. The minimum Gasteiger partial charge on any atom is -0.444 e. The molecular weight excluding hydrogens is 609 g/mol. The van der Waals surface area contributed by atoms with Gasteiger partial charge >= 0.3 is 12.3 Å². The molecular formula is C35H37F3N6O3. The maximum absolute atomic E-state index is 14.2. The van der Waals surface area contributed by atoms with Crippen LogP contribution in [0.3, 0.4) is 0 Å². The Bertz CT molecular complexity index is 1730. The molecule has 1 fully saturated rings. The van der Waals surface area contributed by atoms with Gasteiger partial charge < -0.3 is 20.3 Å². The van der Waals surface area contributed by atoms with Gasteiger partial charge in [-0.05, 0) is 86.8 Å². The molecule has 2 aromatic carbocycles. The number of hydrogen-bond acceptors (Lipinski definition) is 7. The average molecular weight is 647 g/mol. The number of piperazine rings is 1. The summed E-state index contributed by atoms with van der Waals surface area (Å²) >= 11 is 0. The highest BCUT2D eigenvalue weighted by atomic mass is 19.4. The van der Waals surface area contributed by atoms with E-state index in [1.54, 1.807) is 62.5 Å². The zero-order valence-electron chi connectivity index (χ0n) is 26.7. The zero-order chi connectivity index (χ0) is 33.8. The molecule has 2 amide bonds. The number of alkyl halides is 3. The molecule has 9 nitrogen and oxygen atoms in total. The van der Waals surface area contributed by atoms with Crippen molar-refractivity contribution < 1.29 is 27.5 Å². The molecule has 1 saturated heterocycles. The first-order chi connectivity index (χ1) is 22.2. The molecule has 4 aromatic rings. The van der Waals surface area contributed by atoms with Gasteiger partial charge in [-0.2, -0.15) is 13.2 Å². The van der Waals surface area contributed by atoms with E-state index in [1.807, 2.05) is 36.1 Å². The van der Waals surface area contributed by atoms with Crippen molar-refractivity contribution >= 4 is 29.2 Å². The predicted octanol–water partition coefficient (Wildman–Crippen LogP) is 7.52. The molecule has 246 valence electrons. The van der Waals surface area contributed by atoms with Gasteiger partial charge in [0.25, 0.3) is 5.91 Å². The number of carbonyl (C=O) groups is 2. The van der Waals surface area contributed by atoms with Crippen LogP contribution in [0.2, 0.25) is 0 Å². The zero-order valence-corrected chi connectivity index (χ0v) is 26.7. The summed E-state index contributed by atoms with van der Waals surface area (Å²) in [6.45, 7) is 8.74. The molecule has 2 aromatic heterocycles. The number of nitrogens with one attached hydrogen (secondary N) is 2. The quantitative estimate of drug-likeness (QED) is 0.214. The number of carbonyl (C=O) groups excluding carboxylic acids is 2. The van der Waals surface area contributed by atoms with Gasteiger partial charge in [0, 0.05) is 73.8 Å². The highest BCUT2D eigenvalue weighted by molar-refractivity contribution is 6.04. The van der Waals surface area contributed by atoms with Gasteiger partial charge in [0.15, 0.2) is 0 Å². The Morgan fingerprint density at radius 2 is 1.68 bits per heavy atom. The summed E-state index contributed by atoms with van der Waals surface area (Å²) in [6.07, 6.45) is 0.0304. The molecule has 0 spiro atoms. The molecule has 0 bridgehead atoms. The van der Waals surface area contributed by atoms with Crippen LogP contribution in [0.15, 0.2) is 79.3 Å². The van der Waals surface area contributed by atoms with E-state index in [-0.39, 0.29) is 17.7 Å².